The Bertz CT molecular complexity index is 689. The summed E-state index contributed by atoms with van der Waals surface area (Å²) in [6.07, 6.45) is 5.26. The molecule has 0 saturated heterocycles. The van der Waals surface area contributed by atoms with Crippen LogP contribution in [0.3, 0.4) is 0 Å². The molecule has 3 N–H and O–H groups in total. The third-order valence-corrected chi connectivity index (χ3v) is 5.67. The molecule has 0 aromatic heterocycles. The molecule has 1 heterocycles. The molecule has 2 amide bonds. The van der Waals surface area contributed by atoms with Crippen molar-refractivity contribution in [3.05, 3.63) is 29.3 Å². The smallest absolute Gasteiger partial charge is 0.534 e. The van der Waals surface area contributed by atoms with Crippen molar-refractivity contribution in [1.29, 1.82) is 0 Å². The van der Waals surface area contributed by atoms with Crippen LogP contribution < -0.4 is 15.3 Å². The molecule has 2 aliphatic rings. The first-order chi connectivity index (χ1) is 13.0. The van der Waals surface area contributed by atoms with Crippen LogP contribution in [0.2, 0.25) is 0 Å². The Hall–Kier alpha value is -2.02. The van der Waals surface area contributed by atoms with Gasteiger partial charge in [-0.3, -0.25) is 9.59 Å². The molecule has 1 aliphatic heterocycles. The number of aryl methyl sites for hydroxylation is 1. The maximum atomic E-state index is 12.5. The zero-order valence-electron chi connectivity index (χ0n) is 16.2. The molecule has 1 aromatic rings. The first-order valence-electron chi connectivity index (χ1n) is 9.98. The number of amides is 2. The van der Waals surface area contributed by atoms with Crippen molar-refractivity contribution in [2.24, 2.45) is 5.92 Å². The molecule has 1 saturated carbocycles. The zero-order valence-corrected chi connectivity index (χ0v) is 16.2. The highest BCUT2D eigenvalue weighted by atomic mass is 16.5. The lowest BCUT2D eigenvalue weighted by molar-refractivity contribution is -0.124. The number of carbonyl (C=O) groups excluding carboxylic acids is 2. The molecule has 1 atom stereocenters. The van der Waals surface area contributed by atoms with E-state index < -0.39 is 13.1 Å². The average molecular weight is 372 g/mol. The van der Waals surface area contributed by atoms with Crippen LogP contribution in [0, 0.1) is 12.8 Å². The largest absolute Gasteiger partial charge is 0.547 e. The summed E-state index contributed by atoms with van der Waals surface area (Å²) in [5.74, 6) is 0.684. The highest BCUT2D eigenvalue weighted by molar-refractivity contribution is 6.46. The van der Waals surface area contributed by atoms with E-state index in [1.54, 1.807) is 0 Å². The minimum Gasteiger partial charge on any atom is -0.534 e. The fraction of sp³-hybridized carbons (Fsp3) is 0.600. The first-order valence-corrected chi connectivity index (χ1v) is 9.98. The van der Waals surface area contributed by atoms with Crippen LogP contribution in [-0.2, 0) is 16.0 Å². The molecule has 1 unspecified atom stereocenters. The van der Waals surface area contributed by atoms with Crippen LogP contribution in [0.1, 0.15) is 56.6 Å². The normalized spacial score (nSPS) is 24.6. The van der Waals surface area contributed by atoms with E-state index in [9.17, 15) is 14.6 Å². The summed E-state index contributed by atoms with van der Waals surface area (Å²) in [7, 11) is -1.03. The SMILES string of the molecule is CCC(=O)NC1CCC(CC(=O)NC2Cc3cccc(C)c3OB2O)CC1. The summed E-state index contributed by atoms with van der Waals surface area (Å²) in [5.41, 5.74) is 2.00. The molecule has 1 aromatic carbocycles. The summed E-state index contributed by atoms with van der Waals surface area (Å²) in [6, 6.07) is 6.12. The molecular formula is C20H29BN2O4. The Morgan fingerprint density at radius 1 is 1.19 bits per heavy atom. The molecule has 27 heavy (non-hydrogen) atoms. The zero-order chi connectivity index (χ0) is 19.4. The molecule has 0 bridgehead atoms. The van der Waals surface area contributed by atoms with E-state index >= 15 is 0 Å². The van der Waals surface area contributed by atoms with Gasteiger partial charge in [-0.2, -0.15) is 0 Å². The predicted molar refractivity (Wildman–Crippen MR) is 104 cm³/mol. The van der Waals surface area contributed by atoms with Gasteiger partial charge in [-0.25, -0.2) is 0 Å². The summed E-state index contributed by atoms with van der Waals surface area (Å²) >= 11 is 0. The third-order valence-electron chi connectivity index (χ3n) is 5.67. The van der Waals surface area contributed by atoms with Crippen molar-refractivity contribution >= 4 is 18.9 Å². The quantitative estimate of drug-likeness (QED) is 0.689. The van der Waals surface area contributed by atoms with Crippen molar-refractivity contribution in [1.82, 2.24) is 10.6 Å². The maximum absolute atomic E-state index is 12.5. The van der Waals surface area contributed by atoms with Crippen LogP contribution in [0.4, 0.5) is 0 Å². The Kier molecular flexibility index (Phi) is 6.42. The minimum atomic E-state index is -1.03. The topological polar surface area (TPSA) is 87.7 Å². The Morgan fingerprint density at radius 3 is 2.63 bits per heavy atom. The predicted octanol–water partition coefficient (Wildman–Crippen LogP) is 1.91. The molecule has 1 aliphatic carbocycles. The second kappa shape index (κ2) is 8.78. The van der Waals surface area contributed by atoms with E-state index in [0.29, 0.717) is 25.2 Å². The Morgan fingerprint density at radius 2 is 1.93 bits per heavy atom. The standard InChI is InChI=1S/C20H29BN2O4/c1-3-18(24)22-16-9-7-14(8-10-16)11-19(25)23-17-12-15-6-4-5-13(2)20(15)27-21(17)26/h4-6,14,16-17,26H,3,7-12H2,1-2H3,(H,22,24)(H,23,25). The summed E-state index contributed by atoms with van der Waals surface area (Å²) in [6.45, 7) is 3.80. The highest BCUT2D eigenvalue weighted by Crippen LogP contribution is 2.30. The Labute approximate surface area is 161 Å². The van der Waals surface area contributed by atoms with Crippen LogP contribution >= 0.6 is 0 Å². The second-order valence-electron chi connectivity index (χ2n) is 7.79. The van der Waals surface area contributed by atoms with Gasteiger partial charge in [-0.1, -0.05) is 25.1 Å². The van der Waals surface area contributed by atoms with Crippen LogP contribution in [-0.4, -0.2) is 35.9 Å². The molecule has 6 nitrogen and oxygen atoms in total. The van der Waals surface area contributed by atoms with Gasteiger partial charge in [0.05, 0.1) is 5.94 Å². The van der Waals surface area contributed by atoms with Crippen molar-refractivity contribution in [2.45, 2.75) is 70.8 Å². The molecule has 7 heteroatoms. The molecule has 0 radical (unpaired) electrons. The fourth-order valence-electron chi connectivity index (χ4n) is 4.07. The third kappa shape index (κ3) is 5.03. The van der Waals surface area contributed by atoms with Crippen LogP contribution in [0.15, 0.2) is 18.2 Å². The van der Waals surface area contributed by atoms with Crippen LogP contribution in [0.5, 0.6) is 5.75 Å². The van der Waals surface area contributed by atoms with Gasteiger partial charge in [0.25, 0.3) is 0 Å². The van der Waals surface area contributed by atoms with Crippen molar-refractivity contribution in [3.8, 4) is 5.75 Å². The number of hydrogen-bond acceptors (Lipinski definition) is 4. The van der Waals surface area contributed by atoms with Gasteiger partial charge < -0.3 is 20.3 Å². The van der Waals surface area contributed by atoms with Gasteiger partial charge >= 0.3 is 7.12 Å². The number of rotatable bonds is 5. The van der Waals surface area contributed by atoms with Crippen molar-refractivity contribution in [2.75, 3.05) is 0 Å². The van der Waals surface area contributed by atoms with Crippen LogP contribution in [0.25, 0.3) is 0 Å². The molecule has 1 fully saturated rings. The van der Waals surface area contributed by atoms with Gasteiger partial charge in [0.1, 0.15) is 5.75 Å². The lowest BCUT2D eigenvalue weighted by Gasteiger charge is -2.31. The van der Waals surface area contributed by atoms with E-state index in [0.717, 1.165) is 42.6 Å². The monoisotopic (exact) mass is 372 g/mol. The average Bonchev–Trinajstić information content (AvgIpc) is 2.65. The number of nitrogens with one attached hydrogen (secondary N) is 2. The number of hydrogen-bond donors (Lipinski definition) is 3. The van der Waals surface area contributed by atoms with Crippen molar-refractivity contribution < 1.29 is 19.3 Å². The highest BCUT2D eigenvalue weighted by Gasteiger charge is 2.36. The lowest BCUT2D eigenvalue weighted by Crippen LogP contribution is -2.53. The summed E-state index contributed by atoms with van der Waals surface area (Å²) in [5, 5.41) is 16.2. The van der Waals surface area contributed by atoms with Gasteiger partial charge in [0, 0.05) is 18.9 Å². The maximum Gasteiger partial charge on any atom is 0.547 e. The summed E-state index contributed by atoms with van der Waals surface area (Å²) < 4.78 is 5.63. The van der Waals surface area contributed by atoms with Crippen molar-refractivity contribution in [3.63, 3.8) is 0 Å². The van der Waals surface area contributed by atoms with Gasteiger partial charge in [0.15, 0.2) is 0 Å². The van der Waals surface area contributed by atoms with Gasteiger partial charge in [-0.05, 0) is 56.1 Å². The molecular weight excluding hydrogens is 343 g/mol. The number of fused-ring (bicyclic) bond motifs is 1. The van der Waals surface area contributed by atoms with E-state index in [4.69, 9.17) is 4.65 Å². The number of benzene rings is 1. The van der Waals surface area contributed by atoms with E-state index in [2.05, 4.69) is 10.6 Å². The summed E-state index contributed by atoms with van der Waals surface area (Å²) in [4.78, 5) is 24.0. The fourth-order valence-corrected chi connectivity index (χ4v) is 4.07. The molecule has 3 rings (SSSR count). The van der Waals surface area contributed by atoms with Gasteiger partial charge in [0.2, 0.25) is 11.8 Å². The number of para-hydroxylation sites is 1. The molecule has 146 valence electrons. The van der Waals surface area contributed by atoms with Gasteiger partial charge in [-0.15, -0.1) is 0 Å². The lowest BCUT2D eigenvalue weighted by atomic mass is 9.72. The minimum absolute atomic E-state index is 0.0419. The Balaban J connectivity index is 1.47. The van der Waals surface area contributed by atoms with E-state index in [-0.39, 0.29) is 17.9 Å². The van der Waals surface area contributed by atoms with E-state index in [1.165, 1.54) is 0 Å². The number of carbonyl (C=O) groups is 2. The molecule has 0 spiro atoms. The first kappa shape index (κ1) is 19.7. The van der Waals surface area contributed by atoms with E-state index in [1.807, 2.05) is 32.0 Å². The second-order valence-corrected chi connectivity index (χ2v) is 7.79.